The van der Waals surface area contributed by atoms with E-state index in [1.165, 1.54) is 0 Å². The van der Waals surface area contributed by atoms with Gasteiger partial charge in [0.1, 0.15) is 6.04 Å². The average molecular weight is 353 g/mol. The van der Waals surface area contributed by atoms with Crippen molar-refractivity contribution in [2.75, 3.05) is 18.5 Å². The summed E-state index contributed by atoms with van der Waals surface area (Å²) >= 11 is 5.81. The van der Waals surface area contributed by atoms with Crippen LogP contribution < -0.4 is 20.9 Å². The van der Waals surface area contributed by atoms with E-state index in [1.54, 1.807) is 24.3 Å². The molecule has 130 valence electrons. The van der Waals surface area contributed by atoms with Crippen molar-refractivity contribution in [3.05, 3.63) is 29.3 Å². The fourth-order valence-corrected chi connectivity index (χ4v) is 2.42. The first-order valence-corrected chi connectivity index (χ1v) is 8.14. The molecule has 2 unspecified atom stereocenters. The maximum Gasteiger partial charge on any atom is 0.329 e. The number of carbonyl (C=O) groups is 3. The number of carbonyl (C=O) groups excluding carboxylic acids is 3. The number of nitrogens with one attached hydrogen (secondary N) is 3. The van der Waals surface area contributed by atoms with E-state index in [1.807, 2.05) is 14.0 Å². The lowest BCUT2D eigenvalue weighted by Gasteiger charge is -2.13. The van der Waals surface area contributed by atoms with Crippen molar-refractivity contribution in [2.45, 2.75) is 31.8 Å². The first-order valence-electron chi connectivity index (χ1n) is 7.76. The van der Waals surface area contributed by atoms with E-state index >= 15 is 0 Å². The standard InChI is InChI=1S/C16H21ClN4O3/c1-10(18-2)9-19-14(22)8-7-13-15(23)21(16(24)20-13)12-5-3-11(17)4-6-12/h3-6,10,13,18H,7-9H2,1-2H3,(H,19,22)(H,20,24). The number of hydrogen-bond donors (Lipinski definition) is 3. The third kappa shape index (κ3) is 4.46. The second-order valence-electron chi connectivity index (χ2n) is 5.68. The van der Waals surface area contributed by atoms with Gasteiger partial charge in [-0.1, -0.05) is 11.6 Å². The normalized spacial score (nSPS) is 18.5. The zero-order valence-electron chi connectivity index (χ0n) is 13.6. The van der Waals surface area contributed by atoms with Gasteiger partial charge in [-0.25, -0.2) is 9.69 Å². The van der Waals surface area contributed by atoms with Crippen LogP contribution in [0.4, 0.5) is 10.5 Å². The van der Waals surface area contributed by atoms with Gasteiger partial charge in [-0.2, -0.15) is 0 Å². The smallest absolute Gasteiger partial charge is 0.329 e. The number of likely N-dealkylation sites (N-methyl/N-ethyl adjacent to an activating group) is 1. The maximum absolute atomic E-state index is 12.4. The van der Waals surface area contributed by atoms with Crippen LogP contribution in [0.15, 0.2) is 24.3 Å². The molecular weight excluding hydrogens is 332 g/mol. The summed E-state index contributed by atoms with van der Waals surface area (Å²) in [6, 6.07) is 5.42. The molecule has 0 aliphatic carbocycles. The van der Waals surface area contributed by atoms with E-state index in [4.69, 9.17) is 11.6 Å². The molecule has 3 N–H and O–H groups in total. The molecule has 0 saturated carbocycles. The van der Waals surface area contributed by atoms with Crippen LogP contribution in [0.2, 0.25) is 5.02 Å². The number of hydrogen-bond acceptors (Lipinski definition) is 4. The van der Waals surface area contributed by atoms with Gasteiger partial charge in [0.25, 0.3) is 5.91 Å². The summed E-state index contributed by atoms with van der Waals surface area (Å²) < 4.78 is 0. The van der Waals surface area contributed by atoms with Gasteiger partial charge in [0.15, 0.2) is 0 Å². The van der Waals surface area contributed by atoms with Crippen LogP contribution in [-0.4, -0.2) is 43.5 Å². The molecule has 0 bridgehead atoms. The summed E-state index contributed by atoms with van der Waals surface area (Å²) in [5.74, 6) is -0.511. The number of anilines is 1. The molecule has 4 amide bonds. The van der Waals surface area contributed by atoms with E-state index in [-0.39, 0.29) is 30.7 Å². The van der Waals surface area contributed by atoms with Crippen LogP contribution in [0.25, 0.3) is 0 Å². The third-order valence-corrected chi connectivity index (χ3v) is 4.11. The van der Waals surface area contributed by atoms with Crippen LogP contribution in [0.3, 0.4) is 0 Å². The Balaban J connectivity index is 1.89. The lowest BCUT2D eigenvalue weighted by molar-refractivity contribution is -0.121. The van der Waals surface area contributed by atoms with Gasteiger partial charge in [0.05, 0.1) is 5.69 Å². The summed E-state index contributed by atoms with van der Waals surface area (Å²) in [4.78, 5) is 37.3. The van der Waals surface area contributed by atoms with E-state index in [9.17, 15) is 14.4 Å². The second kappa shape index (κ2) is 8.12. The second-order valence-corrected chi connectivity index (χ2v) is 6.12. The fourth-order valence-electron chi connectivity index (χ4n) is 2.29. The SMILES string of the molecule is CNC(C)CNC(=O)CCC1NC(=O)N(c2ccc(Cl)cc2)C1=O. The third-order valence-electron chi connectivity index (χ3n) is 3.86. The highest BCUT2D eigenvalue weighted by Crippen LogP contribution is 2.23. The molecular formula is C16H21ClN4O3. The largest absolute Gasteiger partial charge is 0.355 e. The number of imide groups is 1. The Hall–Kier alpha value is -2.12. The van der Waals surface area contributed by atoms with Gasteiger partial charge in [-0.3, -0.25) is 9.59 Å². The highest BCUT2D eigenvalue weighted by atomic mass is 35.5. The van der Waals surface area contributed by atoms with Gasteiger partial charge < -0.3 is 16.0 Å². The molecule has 1 fully saturated rings. The number of urea groups is 1. The first-order chi connectivity index (χ1) is 11.4. The molecule has 7 nitrogen and oxygen atoms in total. The van der Waals surface area contributed by atoms with E-state index in [0.29, 0.717) is 17.3 Å². The van der Waals surface area contributed by atoms with Gasteiger partial charge in [0, 0.05) is 24.0 Å². The topological polar surface area (TPSA) is 90.5 Å². The first kappa shape index (κ1) is 18.2. The molecule has 1 aromatic carbocycles. The number of amides is 4. The minimum atomic E-state index is -0.694. The summed E-state index contributed by atoms with van der Waals surface area (Å²) in [6.07, 6.45) is 0.427. The summed E-state index contributed by atoms with van der Waals surface area (Å²) in [5, 5.41) is 8.93. The van der Waals surface area contributed by atoms with E-state index in [2.05, 4.69) is 16.0 Å². The van der Waals surface area contributed by atoms with Crippen LogP contribution in [0.1, 0.15) is 19.8 Å². The lowest BCUT2D eigenvalue weighted by Crippen LogP contribution is -2.38. The van der Waals surface area contributed by atoms with Crippen molar-refractivity contribution >= 4 is 35.1 Å². The van der Waals surface area contributed by atoms with Crippen LogP contribution in [0, 0.1) is 0 Å². The Kier molecular flexibility index (Phi) is 6.16. The number of benzene rings is 1. The van der Waals surface area contributed by atoms with Crippen LogP contribution in [0.5, 0.6) is 0 Å². The van der Waals surface area contributed by atoms with Gasteiger partial charge in [-0.15, -0.1) is 0 Å². The van der Waals surface area contributed by atoms with Crippen molar-refractivity contribution in [1.82, 2.24) is 16.0 Å². The Morgan fingerprint density at radius 3 is 2.62 bits per heavy atom. The Morgan fingerprint density at radius 2 is 2.00 bits per heavy atom. The minimum absolute atomic E-state index is 0.149. The molecule has 0 radical (unpaired) electrons. The molecule has 1 aliphatic heterocycles. The Labute approximate surface area is 145 Å². The molecule has 0 aromatic heterocycles. The van der Waals surface area contributed by atoms with Crippen LogP contribution in [-0.2, 0) is 9.59 Å². The minimum Gasteiger partial charge on any atom is -0.355 e. The van der Waals surface area contributed by atoms with Crippen molar-refractivity contribution in [2.24, 2.45) is 0 Å². The molecule has 1 aliphatic rings. The molecule has 2 atom stereocenters. The monoisotopic (exact) mass is 352 g/mol. The molecule has 24 heavy (non-hydrogen) atoms. The quantitative estimate of drug-likeness (QED) is 0.644. The van der Waals surface area contributed by atoms with Gasteiger partial charge in [0.2, 0.25) is 5.91 Å². The highest BCUT2D eigenvalue weighted by molar-refractivity contribution is 6.30. The number of rotatable bonds is 7. The van der Waals surface area contributed by atoms with Crippen molar-refractivity contribution in [1.29, 1.82) is 0 Å². The molecule has 2 rings (SSSR count). The van der Waals surface area contributed by atoms with Crippen molar-refractivity contribution in [3.63, 3.8) is 0 Å². The number of halogens is 1. The zero-order chi connectivity index (χ0) is 17.7. The molecule has 1 saturated heterocycles. The molecule has 1 heterocycles. The molecule has 0 spiro atoms. The predicted molar refractivity (Wildman–Crippen MR) is 92.0 cm³/mol. The van der Waals surface area contributed by atoms with E-state index in [0.717, 1.165) is 4.90 Å². The lowest BCUT2D eigenvalue weighted by atomic mass is 10.1. The maximum atomic E-state index is 12.4. The van der Waals surface area contributed by atoms with Crippen molar-refractivity contribution in [3.8, 4) is 0 Å². The Bertz CT molecular complexity index is 620. The zero-order valence-corrected chi connectivity index (χ0v) is 14.4. The van der Waals surface area contributed by atoms with Crippen molar-refractivity contribution < 1.29 is 14.4 Å². The van der Waals surface area contributed by atoms with Gasteiger partial charge >= 0.3 is 6.03 Å². The predicted octanol–water partition coefficient (Wildman–Crippen LogP) is 1.27. The molecule has 8 heteroatoms. The molecule has 1 aromatic rings. The van der Waals surface area contributed by atoms with Crippen LogP contribution >= 0.6 is 11.6 Å². The summed E-state index contributed by atoms with van der Waals surface area (Å²) in [6.45, 7) is 2.46. The summed E-state index contributed by atoms with van der Waals surface area (Å²) in [7, 11) is 1.81. The highest BCUT2D eigenvalue weighted by Gasteiger charge is 2.38. The fraction of sp³-hybridized carbons (Fsp3) is 0.438. The average Bonchev–Trinajstić information content (AvgIpc) is 2.85. The number of nitrogens with zero attached hydrogens (tertiary/aromatic N) is 1. The van der Waals surface area contributed by atoms with E-state index < -0.39 is 12.1 Å². The summed E-state index contributed by atoms with van der Waals surface area (Å²) in [5.41, 5.74) is 0.455. The Morgan fingerprint density at radius 1 is 1.33 bits per heavy atom. The van der Waals surface area contributed by atoms with Gasteiger partial charge in [-0.05, 0) is 44.7 Å².